The van der Waals surface area contributed by atoms with Crippen LogP contribution in [0.15, 0.2) is 12.2 Å². The van der Waals surface area contributed by atoms with Crippen LogP contribution in [-0.4, -0.2) is 12.6 Å². The summed E-state index contributed by atoms with van der Waals surface area (Å²) in [7, 11) is 0. The van der Waals surface area contributed by atoms with Gasteiger partial charge < -0.3 is 4.74 Å². The van der Waals surface area contributed by atoms with Crippen molar-refractivity contribution in [3.63, 3.8) is 0 Å². The van der Waals surface area contributed by atoms with E-state index in [4.69, 9.17) is 4.74 Å². The van der Waals surface area contributed by atoms with Crippen molar-refractivity contribution in [2.24, 2.45) is 17.8 Å². The molecule has 0 spiro atoms. The minimum absolute atomic E-state index is 0.176. The van der Waals surface area contributed by atoms with Crippen LogP contribution in [0.2, 0.25) is 0 Å². The number of carbonyl (C=O) groups is 1. The van der Waals surface area contributed by atoms with Crippen molar-refractivity contribution in [3.05, 3.63) is 12.2 Å². The minimum atomic E-state index is -0.176. The predicted molar refractivity (Wildman–Crippen MR) is 45.5 cm³/mol. The van der Waals surface area contributed by atoms with Crippen molar-refractivity contribution in [1.29, 1.82) is 0 Å². The molecular formula is C10H14O2. The molecule has 0 radical (unpaired) electrons. The molecule has 1 aliphatic carbocycles. The average molecular weight is 166 g/mol. The highest BCUT2D eigenvalue weighted by molar-refractivity contribution is 5.89. The molecule has 66 valence electrons. The minimum Gasteiger partial charge on any atom is -0.462 e. The van der Waals surface area contributed by atoms with Crippen LogP contribution in [0.4, 0.5) is 0 Å². The number of cyclic esters (lactones) is 1. The third-order valence-corrected chi connectivity index (χ3v) is 3.30. The van der Waals surface area contributed by atoms with Crippen LogP contribution in [-0.2, 0) is 9.53 Å². The van der Waals surface area contributed by atoms with E-state index in [1.165, 1.54) is 6.42 Å². The van der Waals surface area contributed by atoms with Crippen molar-refractivity contribution >= 4 is 5.97 Å². The molecular weight excluding hydrogens is 152 g/mol. The highest BCUT2D eigenvalue weighted by Gasteiger charge is 2.41. The summed E-state index contributed by atoms with van der Waals surface area (Å²) in [5.74, 6) is 1.49. The van der Waals surface area contributed by atoms with Gasteiger partial charge in [0.25, 0.3) is 0 Å². The van der Waals surface area contributed by atoms with Gasteiger partial charge in [-0.2, -0.15) is 0 Å². The summed E-state index contributed by atoms with van der Waals surface area (Å²) in [6.45, 7) is 6.65. The topological polar surface area (TPSA) is 26.3 Å². The summed E-state index contributed by atoms with van der Waals surface area (Å²) in [4.78, 5) is 11.1. The van der Waals surface area contributed by atoms with E-state index in [1.54, 1.807) is 0 Å². The normalized spacial score (nSPS) is 40.9. The molecule has 2 rings (SSSR count). The highest BCUT2D eigenvalue weighted by Crippen LogP contribution is 2.43. The molecule has 1 heterocycles. The number of esters is 1. The molecule has 0 N–H and O–H groups in total. The van der Waals surface area contributed by atoms with E-state index in [2.05, 4.69) is 13.5 Å². The first-order chi connectivity index (χ1) is 5.70. The van der Waals surface area contributed by atoms with Gasteiger partial charge in [0.1, 0.15) is 0 Å². The number of hydrogen-bond acceptors (Lipinski definition) is 2. The Morgan fingerprint density at radius 2 is 2.25 bits per heavy atom. The molecule has 1 saturated heterocycles. The lowest BCUT2D eigenvalue weighted by Gasteiger charge is -2.28. The second-order valence-electron chi connectivity index (χ2n) is 3.95. The van der Waals surface area contributed by atoms with E-state index in [9.17, 15) is 4.79 Å². The first-order valence-electron chi connectivity index (χ1n) is 4.56. The standard InChI is InChI=1S/C10H14O2/c1-6-3-4-8-7(2)10(11)12-5-9(6)8/h6,8-9H,2-5H2,1H3. The first kappa shape index (κ1) is 7.84. The number of rotatable bonds is 0. The molecule has 2 fully saturated rings. The van der Waals surface area contributed by atoms with Crippen LogP contribution in [0, 0.1) is 17.8 Å². The fourth-order valence-electron chi connectivity index (χ4n) is 2.40. The summed E-state index contributed by atoms with van der Waals surface area (Å²) in [6, 6.07) is 0. The lowest BCUT2D eigenvalue weighted by molar-refractivity contribution is -0.145. The van der Waals surface area contributed by atoms with Crippen molar-refractivity contribution in [1.82, 2.24) is 0 Å². The second-order valence-corrected chi connectivity index (χ2v) is 3.95. The molecule has 12 heavy (non-hydrogen) atoms. The van der Waals surface area contributed by atoms with Gasteiger partial charge >= 0.3 is 5.97 Å². The van der Waals surface area contributed by atoms with Crippen LogP contribution in [0.1, 0.15) is 19.8 Å². The van der Waals surface area contributed by atoms with E-state index in [1.807, 2.05) is 0 Å². The fourth-order valence-corrected chi connectivity index (χ4v) is 2.40. The summed E-state index contributed by atoms with van der Waals surface area (Å²) in [5.41, 5.74) is 0.704. The van der Waals surface area contributed by atoms with Crippen molar-refractivity contribution in [3.8, 4) is 0 Å². The second kappa shape index (κ2) is 2.61. The molecule has 1 saturated carbocycles. The van der Waals surface area contributed by atoms with Gasteiger partial charge in [-0.25, -0.2) is 4.79 Å². The molecule has 0 bridgehead atoms. The largest absolute Gasteiger partial charge is 0.462 e. The third-order valence-electron chi connectivity index (χ3n) is 3.30. The molecule has 2 heteroatoms. The van der Waals surface area contributed by atoms with E-state index in [-0.39, 0.29) is 5.97 Å². The van der Waals surface area contributed by atoms with E-state index in [0.29, 0.717) is 29.9 Å². The fraction of sp³-hybridized carbons (Fsp3) is 0.700. The molecule has 0 aromatic rings. The van der Waals surface area contributed by atoms with Crippen LogP contribution in [0.3, 0.4) is 0 Å². The van der Waals surface area contributed by atoms with E-state index >= 15 is 0 Å². The molecule has 3 atom stereocenters. The van der Waals surface area contributed by atoms with Crippen LogP contribution < -0.4 is 0 Å². The quantitative estimate of drug-likeness (QED) is 0.405. The molecule has 2 nitrogen and oxygen atoms in total. The van der Waals surface area contributed by atoms with Gasteiger partial charge in [-0.05, 0) is 24.7 Å². The summed E-state index contributed by atoms with van der Waals surface area (Å²) < 4.78 is 5.04. The highest BCUT2D eigenvalue weighted by atomic mass is 16.5. The molecule has 3 unspecified atom stereocenters. The Kier molecular flexibility index (Phi) is 1.71. The molecule has 0 aromatic carbocycles. The Balaban J connectivity index is 2.19. The van der Waals surface area contributed by atoms with Gasteiger partial charge in [0, 0.05) is 11.5 Å². The van der Waals surface area contributed by atoms with Crippen molar-refractivity contribution in [2.45, 2.75) is 19.8 Å². The lowest BCUT2D eigenvalue weighted by atomic mass is 9.85. The average Bonchev–Trinajstić information content (AvgIpc) is 2.41. The van der Waals surface area contributed by atoms with E-state index in [0.717, 1.165) is 6.42 Å². The number of hydrogen-bond donors (Lipinski definition) is 0. The number of ether oxygens (including phenoxy) is 1. The van der Waals surface area contributed by atoms with Gasteiger partial charge in [0.05, 0.1) is 6.61 Å². The zero-order chi connectivity index (χ0) is 8.72. The Labute approximate surface area is 72.6 Å². The zero-order valence-electron chi connectivity index (χ0n) is 7.38. The Bertz CT molecular complexity index is 232. The number of carbonyl (C=O) groups excluding carboxylic acids is 1. The van der Waals surface area contributed by atoms with Gasteiger partial charge in [-0.3, -0.25) is 0 Å². The third kappa shape index (κ3) is 0.977. The van der Waals surface area contributed by atoms with Gasteiger partial charge in [-0.1, -0.05) is 13.5 Å². The Morgan fingerprint density at radius 3 is 3.00 bits per heavy atom. The van der Waals surface area contributed by atoms with Gasteiger partial charge in [0.15, 0.2) is 0 Å². The van der Waals surface area contributed by atoms with Crippen LogP contribution in [0.5, 0.6) is 0 Å². The number of fused-ring (bicyclic) bond motifs is 1. The molecule has 0 amide bonds. The monoisotopic (exact) mass is 166 g/mol. The first-order valence-corrected chi connectivity index (χ1v) is 4.56. The lowest BCUT2D eigenvalue weighted by Crippen LogP contribution is -2.31. The summed E-state index contributed by atoms with van der Waals surface area (Å²) in [5, 5.41) is 0. The van der Waals surface area contributed by atoms with Crippen molar-refractivity contribution < 1.29 is 9.53 Å². The summed E-state index contributed by atoms with van der Waals surface area (Å²) in [6.07, 6.45) is 2.34. The van der Waals surface area contributed by atoms with Crippen LogP contribution in [0.25, 0.3) is 0 Å². The maximum Gasteiger partial charge on any atom is 0.333 e. The molecule has 2 aliphatic rings. The maximum absolute atomic E-state index is 11.1. The molecule has 0 aromatic heterocycles. The Morgan fingerprint density at radius 1 is 1.50 bits per heavy atom. The molecule has 1 aliphatic heterocycles. The zero-order valence-corrected chi connectivity index (χ0v) is 7.38. The van der Waals surface area contributed by atoms with Crippen LogP contribution >= 0.6 is 0 Å². The van der Waals surface area contributed by atoms with Crippen molar-refractivity contribution in [2.75, 3.05) is 6.61 Å². The maximum atomic E-state index is 11.1. The van der Waals surface area contributed by atoms with E-state index < -0.39 is 0 Å². The van der Waals surface area contributed by atoms with Gasteiger partial charge in [-0.15, -0.1) is 0 Å². The summed E-state index contributed by atoms with van der Waals surface area (Å²) >= 11 is 0. The van der Waals surface area contributed by atoms with Gasteiger partial charge in [0.2, 0.25) is 0 Å². The SMILES string of the molecule is C=C1C(=O)OCC2C(C)CCC12. The Hall–Kier alpha value is -0.790. The smallest absolute Gasteiger partial charge is 0.333 e. The predicted octanol–water partition coefficient (Wildman–Crippen LogP) is 1.76.